The van der Waals surface area contributed by atoms with E-state index in [4.69, 9.17) is 0 Å². The Morgan fingerprint density at radius 1 is 1.00 bits per heavy atom. The molecule has 1 aromatic rings. The van der Waals surface area contributed by atoms with Crippen LogP contribution in [0.2, 0.25) is 0 Å². The van der Waals surface area contributed by atoms with Crippen molar-refractivity contribution in [1.29, 1.82) is 0 Å². The topological polar surface area (TPSA) is 9.23 Å². The molecule has 0 radical (unpaired) electrons. The van der Waals surface area contributed by atoms with Gasteiger partial charge in [-0.2, -0.15) is 13.2 Å². The van der Waals surface area contributed by atoms with E-state index < -0.39 is 34.3 Å². The van der Waals surface area contributed by atoms with Crippen molar-refractivity contribution >= 4 is 27.7 Å². The highest BCUT2D eigenvalue weighted by Crippen LogP contribution is 2.40. The maximum absolute atomic E-state index is 12.0. The molecule has 0 N–H and O–H groups in total. The normalized spacial score (nSPS) is 12.6. The van der Waals surface area contributed by atoms with Gasteiger partial charge in [-0.05, 0) is 30.0 Å². The summed E-state index contributed by atoms with van der Waals surface area (Å²) in [5, 5.41) is 0. The number of benzene rings is 1. The maximum atomic E-state index is 12.0. The maximum Gasteiger partial charge on any atom is 0.573 e. The summed E-state index contributed by atoms with van der Waals surface area (Å²) >= 11 is 2.28. The second kappa shape index (κ2) is 4.97. The number of rotatable bonds is 2. The fourth-order valence-corrected chi connectivity index (χ4v) is 2.17. The van der Waals surface area contributed by atoms with E-state index >= 15 is 0 Å². The van der Waals surface area contributed by atoms with Crippen molar-refractivity contribution in [2.24, 2.45) is 0 Å². The quantitative estimate of drug-likeness (QED) is 0.556. The molecule has 0 aliphatic rings. The van der Waals surface area contributed by atoms with Gasteiger partial charge in [0.15, 0.2) is 0 Å². The summed E-state index contributed by atoms with van der Waals surface area (Å²) in [7, 11) is 0. The van der Waals surface area contributed by atoms with Crippen molar-refractivity contribution in [2.75, 3.05) is 0 Å². The number of thioether (sulfide) groups is 1. The van der Waals surface area contributed by atoms with Crippen LogP contribution >= 0.6 is 27.7 Å². The third-order valence-corrected chi connectivity index (χ3v) is 2.47. The monoisotopic (exact) mass is 340 g/mol. The average molecular weight is 341 g/mol. The van der Waals surface area contributed by atoms with Crippen LogP contribution < -0.4 is 4.74 Å². The van der Waals surface area contributed by atoms with Gasteiger partial charge in [-0.25, -0.2) is 0 Å². The summed E-state index contributed by atoms with van der Waals surface area (Å²) in [6.45, 7) is 0. The van der Waals surface area contributed by atoms with Gasteiger partial charge in [0, 0.05) is 9.37 Å². The molecule has 1 aromatic carbocycles. The van der Waals surface area contributed by atoms with Crippen LogP contribution in [-0.2, 0) is 0 Å². The van der Waals surface area contributed by atoms with Gasteiger partial charge >= 0.3 is 11.9 Å². The van der Waals surface area contributed by atoms with Gasteiger partial charge in [-0.15, -0.1) is 13.2 Å². The molecule has 0 bridgehead atoms. The fraction of sp³-hybridized carbons (Fsp3) is 0.250. The summed E-state index contributed by atoms with van der Waals surface area (Å²) in [6, 6.07) is 2.63. The van der Waals surface area contributed by atoms with Crippen molar-refractivity contribution in [2.45, 2.75) is 16.8 Å². The highest BCUT2D eigenvalue weighted by atomic mass is 79.9. The van der Waals surface area contributed by atoms with E-state index in [1.807, 2.05) is 0 Å². The summed E-state index contributed by atoms with van der Waals surface area (Å²) in [5.41, 5.74) is -4.57. The Kier molecular flexibility index (Phi) is 4.23. The molecule has 0 spiro atoms. The van der Waals surface area contributed by atoms with Crippen LogP contribution in [0.15, 0.2) is 27.6 Å². The van der Waals surface area contributed by atoms with Gasteiger partial charge in [0.25, 0.3) is 0 Å². The van der Waals surface area contributed by atoms with Gasteiger partial charge in [-0.1, -0.05) is 15.9 Å². The third kappa shape index (κ3) is 6.06. The lowest BCUT2D eigenvalue weighted by Gasteiger charge is -2.11. The van der Waals surface area contributed by atoms with Crippen LogP contribution in [0, 0.1) is 0 Å². The molecule has 0 unspecified atom stereocenters. The lowest BCUT2D eigenvalue weighted by Crippen LogP contribution is -2.17. The van der Waals surface area contributed by atoms with Crippen LogP contribution in [0.5, 0.6) is 5.75 Å². The van der Waals surface area contributed by atoms with E-state index in [-0.39, 0.29) is 4.47 Å². The standard InChI is InChI=1S/C8H3BrF6OS/c9-4-1-5(16-7(10,11)12)3-6(2-4)17-8(13,14)15/h1-3H. The molecule has 0 fully saturated rings. The van der Waals surface area contributed by atoms with E-state index in [9.17, 15) is 26.3 Å². The summed E-state index contributed by atoms with van der Waals surface area (Å²) in [4.78, 5) is -0.397. The van der Waals surface area contributed by atoms with Gasteiger partial charge in [-0.3, -0.25) is 0 Å². The number of hydrogen-bond acceptors (Lipinski definition) is 2. The van der Waals surface area contributed by atoms with Crippen LogP contribution in [0.25, 0.3) is 0 Å². The number of hydrogen-bond donors (Lipinski definition) is 0. The molecule has 0 amide bonds. The van der Waals surface area contributed by atoms with E-state index in [1.165, 1.54) is 0 Å². The van der Waals surface area contributed by atoms with Gasteiger partial charge in [0.05, 0.1) is 0 Å². The summed E-state index contributed by atoms with van der Waals surface area (Å²) in [6.07, 6.45) is -4.94. The minimum absolute atomic E-state index is 0.0611. The summed E-state index contributed by atoms with van der Waals surface area (Å²) in [5.74, 6) is -0.710. The lowest BCUT2D eigenvalue weighted by molar-refractivity contribution is -0.274. The van der Waals surface area contributed by atoms with Gasteiger partial charge in [0.2, 0.25) is 0 Å². The Morgan fingerprint density at radius 3 is 2.06 bits per heavy atom. The molecule has 0 saturated carbocycles. The zero-order valence-electron chi connectivity index (χ0n) is 7.69. The highest BCUT2D eigenvalue weighted by molar-refractivity contribution is 9.10. The van der Waals surface area contributed by atoms with Gasteiger partial charge in [0.1, 0.15) is 5.75 Å². The van der Waals surface area contributed by atoms with Crippen molar-refractivity contribution < 1.29 is 31.1 Å². The Balaban J connectivity index is 2.95. The second-order valence-corrected chi connectivity index (χ2v) is 4.77. The molecule has 17 heavy (non-hydrogen) atoms. The van der Waals surface area contributed by atoms with Gasteiger partial charge < -0.3 is 4.74 Å². The Hall–Kier alpha value is -0.570. The van der Waals surface area contributed by atoms with Crippen molar-refractivity contribution in [1.82, 2.24) is 0 Å². The first-order valence-electron chi connectivity index (χ1n) is 3.87. The lowest BCUT2D eigenvalue weighted by atomic mass is 10.3. The van der Waals surface area contributed by atoms with Crippen molar-refractivity contribution in [3.63, 3.8) is 0 Å². The Morgan fingerprint density at radius 2 is 1.59 bits per heavy atom. The molecule has 0 saturated heterocycles. The fourth-order valence-electron chi connectivity index (χ4n) is 0.922. The van der Waals surface area contributed by atoms with Crippen LogP contribution in [0.1, 0.15) is 0 Å². The minimum Gasteiger partial charge on any atom is -0.406 e. The Labute approximate surface area is 104 Å². The summed E-state index contributed by atoms with van der Waals surface area (Å²) < 4.78 is 75.3. The zero-order valence-corrected chi connectivity index (χ0v) is 10.1. The molecule has 0 atom stereocenters. The number of ether oxygens (including phenoxy) is 1. The Bertz CT molecular complexity index is 368. The first-order chi connectivity index (χ1) is 7.55. The zero-order chi connectivity index (χ0) is 13.3. The smallest absolute Gasteiger partial charge is 0.406 e. The molecular formula is C8H3BrF6OS. The van der Waals surface area contributed by atoms with E-state index in [1.54, 1.807) is 0 Å². The first-order valence-corrected chi connectivity index (χ1v) is 5.48. The predicted molar refractivity (Wildman–Crippen MR) is 52.7 cm³/mol. The molecule has 1 nitrogen and oxygen atoms in total. The molecular weight excluding hydrogens is 338 g/mol. The van der Waals surface area contributed by atoms with E-state index in [2.05, 4.69) is 20.7 Å². The predicted octanol–water partition coefficient (Wildman–Crippen LogP) is 4.96. The van der Waals surface area contributed by atoms with Crippen LogP contribution in [0.3, 0.4) is 0 Å². The minimum atomic E-state index is -4.94. The second-order valence-electron chi connectivity index (χ2n) is 2.72. The SMILES string of the molecule is FC(F)(F)Oc1cc(Br)cc(SC(F)(F)F)c1. The van der Waals surface area contributed by atoms with E-state index in [0.29, 0.717) is 6.07 Å². The molecule has 0 heterocycles. The first kappa shape index (κ1) is 14.5. The molecule has 9 heteroatoms. The molecule has 0 aromatic heterocycles. The highest BCUT2D eigenvalue weighted by Gasteiger charge is 2.33. The number of halogens is 7. The molecule has 0 aliphatic heterocycles. The third-order valence-electron chi connectivity index (χ3n) is 1.31. The average Bonchev–Trinajstić information content (AvgIpc) is 1.93. The van der Waals surface area contributed by atoms with Crippen molar-refractivity contribution in [3.05, 3.63) is 22.7 Å². The molecule has 96 valence electrons. The number of alkyl halides is 6. The molecule has 0 aliphatic carbocycles. The van der Waals surface area contributed by atoms with Crippen molar-refractivity contribution in [3.8, 4) is 5.75 Å². The van der Waals surface area contributed by atoms with Crippen LogP contribution in [-0.4, -0.2) is 11.9 Å². The van der Waals surface area contributed by atoms with E-state index in [0.717, 1.165) is 12.1 Å². The van der Waals surface area contributed by atoms with Crippen LogP contribution in [0.4, 0.5) is 26.3 Å². The largest absolute Gasteiger partial charge is 0.573 e. The molecule has 1 rings (SSSR count).